The largest absolute Gasteiger partial charge is 0.490 e. The SMILES string of the molecule is Cc1ccc(C(=O)N(C)c2ccccc2)cc1OCC1CO1. The molecule has 0 aliphatic carbocycles. The molecule has 3 rings (SSSR count). The number of epoxide rings is 1. The lowest BCUT2D eigenvalue weighted by atomic mass is 10.1. The summed E-state index contributed by atoms with van der Waals surface area (Å²) in [5.74, 6) is 0.682. The van der Waals surface area contributed by atoms with Gasteiger partial charge >= 0.3 is 0 Å². The van der Waals surface area contributed by atoms with Gasteiger partial charge in [0.2, 0.25) is 0 Å². The number of hydrogen-bond donors (Lipinski definition) is 0. The zero-order chi connectivity index (χ0) is 15.5. The quantitative estimate of drug-likeness (QED) is 0.797. The first kappa shape index (κ1) is 14.6. The fourth-order valence-electron chi connectivity index (χ4n) is 2.20. The number of nitrogens with zero attached hydrogens (tertiary/aromatic N) is 1. The molecule has 1 heterocycles. The van der Waals surface area contributed by atoms with Gasteiger partial charge in [-0.05, 0) is 36.8 Å². The molecule has 1 atom stereocenters. The molecule has 1 fully saturated rings. The minimum absolute atomic E-state index is 0.0567. The molecular weight excluding hydrogens is 278 g/mol. The summed E-state index contributed by atoms with van der Waals surface area (Å²) in [6.07, 6.45) is 0.200. The van der Waals surface area contributed by atoms with Crippen molar-refractivity contribution in [3.8, 4) is 5.75 Å². The third-order valence-corrected chi connectivity index (χ3v) is 3.71. The van der Waals surface area contributed by atoms with Crippen molar-refractivity contribution in [2.24, 2.45) is 0 Å². The number of hydrogen-bond acceptors (Lipinski definition) is 3. The molecule has 2 aromatic carbocycles. The van der Waals surface area contributed by atoms with E-state index in [1.807, 2.05) is 49.4 Å². The van der Waals surface area contributed by atoms with E-state index in [4.69, 9.17) is 9.47 Å². The molecule has 22 heavy (non-hydrogen) atoms. The lowest BCUT2D eigenvalue weighted by Gasteiger charge is -2.18. The predicted molar refractivity (Wildman–Crippen MR) is 85.6 cm³/mol. The molecule has 1 saturated heterocycles. The summed E-state index contributed by atoms with van der Waals surface area (Å²) >= 11 is 0. The summed E-state index contributed by atoms with van der Waals surface area (Å²) in [6.45, 7) is 3.26. The minimum Gasteiger partial charge on any atom is -0.490 e. The highest BCUT2D eigenvalue weighted by Gasteiger charge is 2.23. The van der Waals surface area contributed by atoms with Crippen LogP contribution in [0.4, 0.5) is 5.69 Å². The highest BCUT2D eigenvalue weighted by atomic mass is 16.6. The number of ether oxygens (including phenoxy) is 2. The number of carbonyl (C=O) groups is 1. The van der Waals surface area contributed by atoms with Crippen LogP contribution in [0.2, 0.25) is 0 Å². The third-order valence-electron chi connectivity index (χ3n) is 3.71. The van der Waals surface area contributed by atoms with Gasteiger partial charge < -0.3 is 14.4 Å². The Morgan fingerprint density at radius 3 is 2.68 bits per heavy atom. The number of carbonyl (C=O) groups excluding carboxylic acids is 1. The van der Waals surface area contributed by atoms with Crippen LogP contribution in [-0.4, -0.2) is 32.3 Å². The lowest BCUT2D eigenvalue weighted by Crippen LogP contribution is -2.26. The maximum Gasteiger partial charge on any atom is 0.258 e. The fraction of sp³-hybridized carbons (Fsp3) is 0.278. The van der Waals surface area contributed by atoms with Crippen molar-refractivity contribution in [1.82, 2.24) is 0 Å². The average Bonchev–Trinajstić information content (AvgIpc) is 3.38. The van der Waals surface area contributed by atoms with Crippen molar-refractivity contribution < 1.29 is 14.3 Å². The standard InChI is InChI=1S/C18H19NO3/c1-13-8-9-14(10-17(13)22-12-16-11-21-16)18(20)19(2)15-6-4-3-5-7-15/h3-10,16H,11-12H2,1-2H3. The zero-order valence-corrected chi connectivity index (χ0v) is 12.8. The van der Waals surface area contributed by atoms with E-state index in [9.17, 15) is 4.79 Å². The van der Waals surface area contributed by atoms with Crippen LogP contribution in [0.3, 0.4) is 0 Å². The van der Waals surface area contributed by atoms with Gasteiger partial charge in [-0.1, -0.05) is 24.3 Å². The molecule has 0 aromatic heterocycles. The molecule has 4 nitrogen and oxygen atoms in total. The number of amides is 1. The molecule has 0 N–H and O–H groups in total. The van der Waals surface area contributed by atoms with Gasteiger partial charge in [0.05, 0.1) is 6.61 Å². The highest BCUT2D eigenvalue weighted by Crippen LogP contribution is 2.23. The first-order valence-corrected chi connectivity index (χ1v) is 7.33. The Bertz CT molecular complexity index is 665. The van der Waals surface area contributed by atoms with Crippen molar-refractivity contribution in [3.05, 3.63) is 59.7 Å². The zero-order valence-electron chi connectivity index (χ0n) is 12.8. The average molecular weight is 297 g/mol. The van der Waals surface area contributed by atoms with Crippen LogP contribution in [0.5, 0.6) is 5.75 Å². The molecule has 0 radical (unpaired) electrons. The molecule has 114 valence electrons. The molecule has 2 aromatic rings. The second kappa shape index (κ2) is 6.20. The summed E-state index contributed by atoms with van der Waals surface area (Å²) in [6, 6.07) is 15.1. The molecule has 0 saturated carbocycles. The second-order valence-electron chi connectivity index (χ2n) is 5.45. The minimum atomic E-state index is -0.0567. The van der Waals surface area contributed by atoms with E-state index < -0.39 is 0 Å². The smallest absolute Gasteiger partial charge is 0.258 e. The van der Waals surface area contributed by atoms with Gasteiger partial charge in [-0.25, -0.2) is 0 Å². The molecule has 1 amide bonds. The Morgan fingerprint density at radius 2 is 2.00 bits per heavy atom. The number of aryl methyl sites for hydroxylation is 1. The monoisotopic (exact) mass is 297 g/mol. The van der Waals surface area contributed by atoms with E-state index >= 15 is 0 Å². The molecule has 4 heteroatoms. The van der Waals surface area contributed by atoms with Gasteiger partial charge in [0.25, 0.3) is 5.91 Å². The van der Waals surface area contributed by atoms with E-state index in [0.717, 1.165) is 23.6 Å². The van der Waals surface area contributed by atoms with E-state index in [-0.39, 0.29) is 12.0 Å². The van der Waals surface area contributed by atoms with Crippen LogP contribution in [-0.2, 0) is 4.74 Å². The predicted octanol–water partition coefficient (Wildman–Crippen LogP) is 3.05. The van der Waals surface area contributed by atoms with Gasteiger partial charge in [0.15, 0.2) is 0 Å². The third kappa shape index (κ3) is 3.28. The Labute approximate surface area is 130 Å². The first-order valence-electron chi connectivity index (χ1n) is 7.33. The van der Waals surface area contributed by atoms with Crippen LogP contribution in [0.25, 0.3) is 0 Å². The maximum absolute atomic E-state index is 12.6. The van der Waals surface area contributed by atoms with Crippen molar-refractivity contribution >= 4 is 11.6 Å². The summed E-state index contributed by atoms with van der Waals surface area (Å²) in [4.78, 5) is 14.2. The van der Waals surface area contributed by atoms with E-state index in [1.54, 1.807) is 18.0 Å². The molecule has 0 bridgehead atoms. The maximum atomic E-state index is 12.6. The Balaban J connectivity index is 1.78. The normalized spacial score (nSPS) is 16.2. The summed E-state index contributed by atoms with van der Waals surface area (Å²) in [7, 11) is 1.77. The number of benzene rings is 2. The van der Waals surface area contributed by atoms with Crippen LogP contribution in [0.1, 0.15) is 15.9 Å². The van der Waals surface area contributed by atoms with Gasteiger partial charge in [-0.2, -0.15) is 0 Å². The molecule has 1 aliphatic heterocycles. The van der Waals surface area contributed by atoms with Crippen molar-refractivity contribution in [3.63, 3.8) is 0 Å². The van der Waals surface area contributed by atoms with Crippen LogP contribution in [0, 0.1) is 6.92 Å². The first-order chi connectivity index (χ1) is 10.6. The molecule has 1 unspecified atom stereocenters. The molecule has 0 spiro atoms. The van der Waals surface area contributed by atoms with E-state index in [1.165, 1.54) is 0 Å². The number of rotatable bonds is 5. The van der Waals surface area contributed by atoms with Crippen molar-refractivity contribution in [2.75, 3.05) is 25.2 Å². The summed E-state index contributed by atoms with van der Waals surface area (Å²) in [5.41, 5.74) is 2.49. The van der Waals surface area contributed by atoms with Crippen molar-refractivity contribution in [2.45, 2.75) is 13.0 Å². The van der Waals surface area contributed by atoms with Crippen LogP contribution in [0.15, 0.2) is 48.5 Å². The molecular formula is C18H19NO3. The lowest BCUT2D eigenvalue weighted by molar-refractivity contribution is 0.0992. The van der Waals surface area contributed by atoms with Crippen molar-refractivity contribution in [1.29, 1.82) is 0 Å². The Kier molecular flexibility index (Phi) is 4.11. The fourth-order valence-corrected chi connectivity index (χ4v) is 2.20. The van der Waals surface area contributed by atoms with E-state index in [2.05, 4.69) is 0 Å². The van der Waals surface area contributed by atoms with Crippen LogP contribution < -0.4 is 9.64 Å². The number of anilines is 1. The second-order valence-corrected chi connectivity index (χ2v) is 5.45. The van der Waals surface area contributed by atoms with Gasteiger partial charge in [0, 0.05) is 18.3 Å². The van der Waals surface area contributed by atoms with Gasteiger partial charge in [-0.3, -0.25) is 4.79 Å². The van der Waals surface area contributed by atoms with Crippen LogP contribution >= 0.6 is 0 Å². The van der Waals surface area contributed by atoms with Gasteiger partial charge in [-0.15, -0.1) is 0 Å². The summed E-state index contributed by atoms with van der Waals surface area (Å²) < 4.78 is 10.9. The summed E-state index contributed by atoms with van der Waals surface area (Å²) in [5, 5.41) is 0. The Hall–Kier alpha value is -2.33. The Morgan fingerprint density at radius 1 is 1.27 bits per heavy atom. The molecule has 1 aliphatic rings. The topological polar surface area (TPSA) is 42.1 Å². The van der Waals surface area contributed by atoms with Gasteiger partial charge in [0.1, 0.15) is 18.5 Å². The number of para-hydroxylation sites is 1. The highest BCUT2D eigenvalue weighted by molar-refractivity contribution is 6.06. The van der Waals surface area contributed by atoms with E-state index in [0.29, 0.717) is 12.2 Å².